The average molecular weight is 439 g/mol. The van der Waals surface area contributed by atoms with Crippen LogP contribution in [0.25, 0.3) is 0 Å². The maximum absolute atomic E-state index is 13.5. The standard InChI is InChI=1S/C24H26N2O4S/c1-17-5-12-23(14-18(17)2)31(28,29)26(16-22-4-3-13-30-22)15-19-6-8-20(9-7-19)24(27)25-21-10-11-21/h3-9,12-14,21H,10-11,15-16H2,1-2H3,(H,25,27). The lowest BCUT2D eigenvalue weighted by atomic mass is 10.1. The minimum absolute atomic E-state index is 0.0933. The predicted octanol–water partition coefficient (Wildman–Crippen LogP) is 4.18. The molecular weight excluding hydrogens is 412 g/mol. The number of rotatable bonds is 8. The van der Waals surface area contributed by atoms with Gasteiger partial charge in [-0.1, -0.05) is 18.2 Å². The van der Waals surface area contributed by atoms with Crippen molar-refractivity contribution in [2.75, 3.05) is 0 Å². The van der Waals surface area contributed by atoms with Gasteiger partial charge in [-0.05, 0) is 79.8 Å². The number of nitrogens with zero attached hydrogens (tertiary/aromatic N) is 1. The minimum atomic E-state index is -3.75. The topological polar surface area (TPSA) is 79.6 Å². The molecule has 162 valence electrons. The van der Waals surface area contributed by atoms with E-state index in [1.54, 1.807) is 48.5 Å². The molecule has 0 saturated heterocycles. The first-order valence-corrected chi connectivity index (χ1v) is 11.8. The summed E-state index contributed by atoms with van der Waals surface area (Å²) in [6.07, 6.45) is 3.59. The first kappa shape index (κ1) is 21.3. The van der Waals surface area contributed by atoms with Gasteiger partial charge in [0.2, 0.25) is 10.0 Å². The van der Waals surface area contributed by atoms with Crippen LogP contribution >= 0.6 is 0 Å². The highest BCUT2D eigenvalue weighted by molar-refractivity contribution is 7.89. The third-order valence-corrected chi connectivity index (χ3v) is 7.30. The van der Waals surface area contributed by atoms with E-state index in [1.165, 1.54) is 10.6 Å². The van der Waals surface area contributed by atoms with Gasteiger partial charge in [0.05, 0.1) is 17.7 Å². The van der Waals surface area contributed by atoms with Crippen LogP contribution in [0.15, 0.2) is 70.2 Å². The van der Waals surface area contributed by atoms with Crippen LogP contribution in [0, 0.1) is 13.8 Å². The Bertz CT molecular complexity index is 1160. The van der Waals surface area contributed by atoms with Crippen LogP contribution in [-0.4, -0.2) is 24.7 Å². The molecule has 0 unspecified atom stereocenters. The molecule has 0 atom stereocenters. The van der Waals surface area contributed by atoms with Crippen LogP contribution in [-0.2, 0) is 23.1 Å². The summed E-state index contributed by atoms with van der Waals surface area (Å²) in [5.74, 6) is 0.470. The number of furan rings is 1. The van der Waals surface area contributed by atoms with Gasteiger partial charge in [-0.25, -0.2) is 8.42 Å². The summed E-state index contributed by atoms with van der Waals surface area (Å²) in [5, 5.41) is 2.96. The van der Waals surface area contributed by atoms with Crippen molar-refractivity contribution >= 4 is 15.9 Å². The third kappa shape index (κ3) is 5.06. The van der Waals surface area contributed by atoms with Gasteiger partial charge in [0.15, 0.2) is 0 Å². The van der Waals surface area contributed by atoms with E-state index in [1.807, 2.05) is 19.9 Å². The van der Waals surface area contributed by atoms with Gasteiger partial charge in [-0.2, -0.15) is 4.31 Å². The normalized spacial score (nSPS) is 14.0. The molecule has 6 nitrogen and oxygen atoms in total. The van der Waals surface area contributed by atoms with Crippen molar-refractivity contribution in [3.63, 3.8) is 0 Å². The Kier molecular flexibility index (Phi) is 5.98. The molecule has 1 aliphatic carbocycles. The highest BCUT2D eigenvalue weighted by atomic mass is 32.2. The lowest BCUT2D eigenvalue weighted by molar-refractivity contribution is 0.0951. The van der Waals surface area contributed by atoms with Crippen molar-refractivity contribution in [3.05, 3.63) is 88.9 Å². The second-order valence-corrected chi connectivity index (χ2v) is 9.98. The van der Waals surface area contributed by atoms with E-state index < -0.39 is 10.0 Å². The van der Waals surface area contributed by atoms with Crippen LogP contribution in [0.1, 0.15) is 45.7 Å². The Morgan fingerprint density at radius 2 is 1.77 bits per heavy atom. The molecule has 1 saturated carbocycles. The fourth-order valence-corrected chi connectivity index (χ4v) is 4.77. The molecule has 1 fully saturated rings. The predicted molar refractivity (Wildman–Crippen MR) is 118 cm³/mol. The minimum Gasteiger partial charge on any atom is -0.468 e. The van der Waals surface area contributed by atoms with E-state index in [9.17, 15) is 13.2 Å². The van der Waals surface area contributed by atoms with Gasteiger partial charge in [-0.15, -0.1) is 0 Å². The summed E-state index contributed by atoms with van der Waals surface area (Å²) >= 11 is 0. The maximum atomic E-state index is 13.5. The first-order valence-electron chi connectivity index (χ1n) is 10.3. The summed E-state index contributed by atoms with van der Waals surface area (Å²) < 4.78 is 33.7. The number of nitrogens with one attached hydrogen (secondary N) is 1. The third-order valence-electron chi connectivity index (χ3n) is 5.52. The lowest BCUT2D eigenvalue weighted by Crippen LogP contribution is -2.30. The monoisotopic (exact) mass is 438 g/mol. The zero-order valence-electron chi connectivity index (χ0n) is 17.7. The van der Waals surface area contributed by atoms with Gasteiger partial charge >= 0.3 is 0 Å². The Morgan fingerprint density at radius 3 is 2.39 bits per heavy atom. The number of aryl methyl sites for hydroxylation is 2. The molecule has 7 heteroatoms. The van der Waals surface area contributed by atoms with Crippen molar-refractivity contribution in [2.45, 2.75) is 50.7 Å². The van der Waals surface area contributed by atoms with Gasteiger partial charge in [0.25, 0.3) is 5.91 Å². The second kappa shape index (κ2) is 8.69. The maximum Gasteiger partial charge on any atom is 0.251 e. The highest BCUT2D eigenvalue weighted by Crippen LogP contribution is 2.24. The molecule has 1 aromatic heterocycles. The fourth-order valence-electron chi connectivity index (χ4n) is 3.29. The van der Waals surface area contributed by atoms with Gasteiger partial charge in [0, 0.05) is 18.2 Å². The number of hydrogen-bond donors (Lipinski definition) is 1. The van der Waals surface area contributed by atoms with Gasteiger partial charge < -0.3 is 9.73 Å². The molecule has 4 rings (SSSR count). The van der Waals surface area contributed by atoms with Crippen LogP contribution in [0.5, 0.6) is 0 Å². The molecule has 1 aliphatic rings. The summed E-state index contributed by atoms with van der Waals surface area (Å²) in [6, 6.07) is 16.0. The summed E-state index contributed by atoms with van der Waals surface area (Å²) in [6.45, 7) is 4.14. The van der Waals surface area contributed by atoms with Crippen molar-refractivity contribution in [3.8, 4) is 0 Å². The van der Waals surface area contributed by atoms with E-state index in [4.69, 9.17) is 4.42 Å². The Labute approximate surface area is 182 Å². The van der Waals surface area contributed by atoms with E-state index >= 15 is 0 Å². The Balaban J connectivity index is 1.58. The molecule has 3 aromatic rings. The van der Waals surface area contributed by atoms with E-state index in [0.717, 1.165) is 29.5 Å². The van der Waals surface area contributed by atoms with Crippen LogP contribution in [0.3, 0.4) is 0 Å². The molecule has 1 N–H and O–H groups in total. The molecule has 1 amide bonds. The molecule has 2 aromatic carbocycles. The molecule has 0 aliphatic heterocycles. The zero-order chi connectivity index (χ0) is 22.0. The lowest BCUT2D eigenvalue weighted by Gasteiger charge is -2.22. The molecule has 31 heavy (non-hydrogen) atoms. The molecular formula is C24H26N2O4S. The van der Waals surface area contributed by atoms with Crippen molar-refractivity contribution in [1.29, 1.82) is 0 Å². The van der Waals surface area contributed by atoms with Crippen molar-refractivity contribution in [1.82, 2.24) is 9.62 Å². The molecule has 0 radical (unpaired) electrons. The molecule has 0 spiro atoms. The number of sulfonamides is 1. The number of carbonyl (C=O) groups excluding carboxylic acids is 1. The largest absolute Gasteiger partial charge is 0.468 e. The smallest absolute Gasteiger partial charge is 0.251 e. The van der Waals surface area contributed by atoms with Crippen molar-refractivity contribution < 1.29 is 17.6 Å². The van der Waals surface area contributed by atoms with Crippen LogP contribution in [0.2, 0.25) is 0 Å². The Hall–Kier alpha value is -2.90. The van der Waals surface area contributed by atoms with E-state index in [-0.39, 0.29) is 23.9 Å². The number of benzene rings is 2. The summed E-state index contributed by atoms with van der Waals surface area (Å²) in [4.78, 5) is 12.5. The number of hydrogen-bond acceptors (Lipinski definition) is 4. The Morgan fingerprint density at radius 1 is 1.03 bits per heavy atom. The number of amides is 1. The van der Waals surface area contributed by atoms with Gasteiger partial charge in [0.1, 0.15) is 5.76 Å². The average Bonchev–Trinajstić information content (AvgIpc) is 3.41. The summed E-state index contributed by atoms with van der Waals surface area (Å²) in [5.41, 5.74) is 3.33. The summed E-state index contributed by atoms with van der Waals surface area (Å²) in [7, 11) is -3.75. The first-order chi connectivity index (χ1) is 14.8. The quantitative estimate of drug-likeness (QED) is 0.572. The molecule has 1 heterocycles. The van der Waals surface area contributed by atoms with Crippen LogP contribution < -0.4 is 5.32 Å². The van der Waals surface area contributed by atoms with E-state index in [0.29, 0.717) is 17.4 Å². The number of carbonyl (C=O) groups is 1. The van der Waals surface area contributed by atoms with Gasteiger partial charge in [-0.3, -0.25) is 4.79 Å². The SMILES string of the molecule is Cc1ccc(S(=O)(=O)N(Cc2ccc(C(=O)NC3CC3)cc2)Cc2ccco2)cc1C. The van der Waals surface area contributed by atoms with Crippen molar-refractivity contribution in [2.24, 2.45) is 0 Å². The molecule has 0 bridgehead atoms. The fraction of sp³-hybridized carbons (Fsp3) is 0.292. The highest BCUT2D eigenvalue weighted by Gasteiger charge is 2.27. The van der Waals surface area contributed by atoms with Crippen LogP contribution in [0.4, 0.5) is 0 Å². The van der Waals surface area contributed by atoms with E-state index in [2.05, 4.69) is 5.32 Å². The zero-order valence-corrected chi connectivity index (χ0v) is 18.5. The second-order valence-electron chi connectivity index (χ2n) is 8.04.